The van der Waals surface area contributed by atoms with E-state index in [9.17, 15) is 18.3 Å². The number of aromatic hydroxyl groups is 1. The molecule has 0 saturated heterocycles. The van der Waals surface area contributed by atoms with Crippen LogP contribution in [0, 0.1) is 0 Å². The second-order valence-electron chi connectivity index (χ2n) is 5.49. The predicted octanol–water partition coefficient (Wildman–Crippen LogP) is 5.74. The van der Waals surface area contributed by atoms with Crippen LogP contribution in [0.25, 0.3) is 11.1 Å². The lowest BCUT2D eigenvalue weighted by Crippen LogP contribution is -2.00. The van der Waals surface area contributed by atoms with E-state index in [1.807, 2.05) is 12.1 Å². The van der Waals surface area contributed by atoms with Crippen LogP contribution in [0.2, 0.25) is 0 Å². The Morgan fingerprint density at radius 3 is 2.28 bits per heavy atom. The summed E-state index contributed by atoms with van der Waals surface area (Å²) < 4.78 is 44.6. The molecule has 1 heterocycles. The zero-order valence-electron chi connectivity index (χ0n) is 13.3. The molecule has 0 aliphatic carbocycles. The van der Waals surface area contributed by atoms with E-state index < -0.39 is 11.1 Å². The maximum Gasteiger partial charge on any atom is 0.425 e. The van der Waals surface area contributed by atoms with Crippen molar-refractivity contribution in [1.82, 2.24) is 0 Å². The van der Waals surface area contributed by atoms with Gasteiger partial charge < -0.3 is 9.84 Å². The van der Waals surface area contributed by atoms with Crippen molar-refractivity contribution in [2.24, 2.45) is 0 Å². The quantitative estimate of drug-likeness (QED) is 0.640. The molecule has 130 valence electrons. The van der Waals surface area contributed by atoms with Crippen LogP contribution in [-0.2, 0) is 12.6 Å². The molecule has 1 N–H and O–H groups in total. The van der Waals surface area contributed by atoms with Crippen molar-refractivity contribution in [3.05, 3.63) is 69.9 Å². The van der Waals surface area contributed by atoms with Crippen molar-refractivity contribution in [2.75, 3.05) is 7.11 Å². The van der Waals surface area contributed by atoms with Crippen LogP contribution >= 0.6 is 11.3 Å². The number of alkyl halides is 3. The predicted molar refractivity (Wildman–Crippen MR) is 92.2 cm³/mol. The summed E-state index contributed by atoms with van der Waals surface area (Å²) in [6, 6.07) is 14.7. The highest BCUT2D eigenvalue weighted by Crippen LogP contribution is 2.43. The molecule has 0 aliphatic heterocycles. The van der Waals surface area contributed by atoms with Crippen LogP contribution in [0.4, 0.5) is 13.2 Å². The molecule has 1 aromatic heterocycles. The summed E-state index contributed by atoms with van der Waals surface area (Å²) in [7, 11) is 1.56. The number of phenolic OH excluding ortho intramolecular Hbond substituents is 1. The highest BCUT2D eigenvalue weighted by molar-refractivity contribution is 7.12. The minimum Gasteiger partial charge on any atom is -0.507 e. The number of thiophene rings is 1. The first kappa shape index (κ1) is 17.4. The van der Waals surface area contributed by atoms with Crippen LogP contribution in [0.5, 0.6) is 11.5 Å². The van der Waals surface area contributed by atoms with Gasteiger partial charge in [0, 0.05) is 22.4 Å². The Hall–Kier alpha value is -2.47. The van der Waals surface area contributed by atoms with Crippen molar-refractivity contribution in [2.45, 2.75) is 12.6 Å². The summed E-state index contributed by atoms with van der Waals surface area (Å²) in [6.45, 7) is 0. The summed E-state index contributed by atoms with van der Waals surface area (Å²) in [5, 5.41) is 10.0. The molecule has 6 heteroatoms. The van der Waals surface area contributed by atoms with Crippen molar-refractivity contribution < 1.29 is 23.0 Å². The Balaban J connectivity index is 2.04. The Kier molecular flexibility index (Phi) is 4.72. The van der Waals surface area contributed by atoms with Crippen LogP contribution < -0.4 is 4.74 Å². The number of ether oxygens (including phenoxy) is 1. The number of methoxy groups -OCH3 is 1. The first-order valence-electron chi connectivity index (χ1n) is 7.49. The standard InChI is InChI=1S/C19H15F3O2S/c1-24-13-8-6-12(7-9-13)10-17-15(11-18(25-17)19(20,21)22)14-4-2-3-5-16(14)23/h2-9,11,23H,10H2,1H3. The molecule has 0 spiro atoms. The van der Waals surface area contributed by atoms with Gasteiger partial charge in [-0.05, 0) is 29.8 Å². The van der Waals surface area contributed by atoms with Gasteiger partial charge in [0.15, 0.2) is 0 Å². The van der Waals surface area contributed by atoms with Gasteiger partial charge in [-0.15, -0.1) is 11.3 Å². The van der Waals surface area contributed by atoms with Gasteiger partial charge in [-0.2, -0.15) is 13.2 Å². The average Bonchev–Trinajstić information content (AvgIpc) is 3.00. The first-order chi connectivity index (χ1) is 11.9. The first-order valence-corrected chi connectivity index (χ1v) is 8.31. The maximum absolute atomic E-state index is 13.2. The van der Waals surface area contributed by atoms with Gasteiger partial charge in [0.05, 0.1) is 7.11 Å². The van der Waals surface area contributed by atoms with E-state index in [0.29, 0.717) is 39.5 Å². The van der Waals surface area contributed by atoms with Crippen molar-refractivity contribution >= 4 is 11.3 Å². The zero-order chi connectivity index (χ0) is 18.0. The molecule has 0 unspecified atom stereocenters. The molecule has 2 aromatic carbocycles. The highest BCUT2D eigenvalue weighted by Gasteiger charge is 2.34. The Morgan fingerprint density at radius 2 is 1.68 bits per heavy atom. The lowest BCUT2D eigenvalue weighted by atomic mass is 10.0. The molecule has 25 heavy (non-hydrogen) atoms. The van der Waals surface area contributed by atoms with E-state index in [-0.39, 0.29) is 5.75 Å². The Bertz CT molecular complexity index is 867. The second-order valence-corrected chi connectivity index (χ2v) is 6.62. The van der Waals surface area contributed by atoms with Gasteiger partial charge in [0.1, 0.15) is 16.4 Å². The smallest absolute Gasteiger partial charge is 0.425 e. The van der Waals surface area contributed by atoms with Crippen LogP contribution in [0.3, 0.4) is 0 Å². The molecule has 0 atom stereocenters. The monoisotopic (exact) mass is 364 g/mol. The molecule has 0 radical (unpaired) electrons. The lowest BCUT2D eigenvalue weighted by Gasteiger charge is -2.07. The number of phenols is 1. The van der Waals surface area contributed by atoms with Gasteiger partial charge in [0.2, 0.25) is 0 Å². The van der Waals surface area contributed by atoms with E-state index in [4.69, 9.17) is 4.74 Å². The molecule has 0 saturated carbocycles. The third kappa shape index (κ3) is 3.79. The fourth-order valence-corrected chi connectivity index (χ4v) is 3.63. The number of halogens is 3. The maximum atomic E-state index is 13.2. The largest absolute Gasteiger partial charge is 0.507 e. The minimum absolute atomic E-state index is 0.0370. The number of hydrogen-bond donors (Lipinski definition) is 1. The second kappa shape index (κ2) is 6.80. The zero-order valence-corrected chi connectivity index (χ0v) is 14.1. The summed E-state index contributed by atoms with van der Waals surface area (Å²) in [4.78, 5) is -0.117. The molecule has 0 bridgehead atoms. The third-order valence-corrected chi connectivity index (χ3v) is 4.99. The van der Waals surface area contributed by atoms with E-state index in [0.717, 1.165) is 11.6 Å². The molecule has 0 amide bonds. The lowest BCUT2D eigenvalue weighted by molar-refractivity contribution is -0.134. The summed E-state index contributed by atoms with van der Waals surface area (Å²) in [5.74, 6) is 0.650. The number of benzene rings is 2. The van der Waals surface area contributed by atoms with Crippen molar-refractivity contribution in [1.29, 1.82) is 0 Å². The molecule has 3 rings (SSSR count). The average molecular weight is 364 g/mol. The minimum atomic E-state index is -4.41. The van der Waals surface area contributed by atoms with E-state index in [1.54, 1.807) is 37.4 Å². The normalized spacial score (nSPS) is 11.5. The molecular formula is C19H15F3O2S. The van der Waals surface area contributed by atoms with E-state index >= 15 is 0 Å². The van der Waals surface area contributed by atoms with Crippen LogP contribution in [-0.4, -0.2) is 12.2 Å². The fraction of sp³-hybridized carbons (Fsp3) is 0.158. The van der Waals surface area contributed by atoms with Gasteiger partial charge >= 0.3 is 6.18 Å². The number of para-hydroxylation sites is 1. The van der Waals surface area contributed by atoms with Gasteiger partial charge in [-0.3, -0.25) is 0 Å². The molecule has 3 aromatic rings. The van der Waals surface area contributed by atoms with E-state index in [2.05, 4.69) is 0 Å². The third-order valence-electron chi connectivity index (χ3n) is 3.81. The number of rotatable bonds is 4. The Labute approximate surface area is 147 Å². The van der Waals surface area contributed by atoms with Gasteiger partial charge in [0.25, 0.3) is 0 Å². The Morgan fingerprint density at radius 1 is 1.00 bits per heavy atom. The summed E-state index contributed by atoms with van der Waals surface area (Å²) in [6.07, 6.45) is -4.07. The molecule has 2 nitrogen and oxygen atoms in total. The van der Waals surface area contributed by atoms with Crippen LogP contribution in [0.1, 0.15) is 15.3 Å². The fourth-order valence-electron chi connectivity index (χ4n) is 2.56. The number of hydrogen-bond acceptors (Lipinski definition) is 3. The van der Waals surface area contributed by atoms with Gasteiger partial charge in [-0.25, -0.2) is 0 Å². The van der Waals surface area contributed by atoms with Crippen LogP contribution in [0.15, 0.2) is 54.6 Å². The van der Waals surface area contributed by atoms with Gasteiger partial charge in [-0.1, -0.05) is 30.3 Å². The molecule has 0 aliphatic rings. The summed E-state index contributed by atoms with van der Waals surface area (Å²) >= 11 is 0.707. The molecular weight excluding hydrogens is 349 g/mol. The molecule has 0 fully saturated rings. The SMILES string of the molecule is COc1ccc(Cc2sc(C(F)(F)F)cc2-c2ccccc2O)cc1. The van der Waals surface area contributed by atoms with Crippen molar-refractivity contribution in [3.8, 4) is 22.6 Å². The topological polar surface area (TPSA) is 29.5 Å². The van der Waals surface area contributed by atoms with E-state index in [1.165, 1.54) is 6.07 Å². The summed E-state index contributed by atoms with van der Waals surface area (Å²) in [5.41, 5.74) is 1.68. The van der Waals surface area contributed by atoms with Crippen molar-refractivity contribution in [3.63, 3.8) is 0 Å². The highest BCUT2D eigenvalue weighted by atomic mass is 32.1.